The van der Waals surface area contributed by atoms with Gasteiger partial charge in [0.25, 0.3) is 10.0 Å². The molecule has 0 fully saturated rings. The van der Waals surface area contributed by atoms with Gasteiger partial charge in [0.05, 0.1) is 4.90 Å². The van der Waals surface area contributed by atoms with E-state index in [2.05, 4.69) is 18.6 Å². The Bertz CT molecular complexity index is 1330. The fourth-order valence-electron chi connectivity index (χ4n) is 4.11. The zero-order valence-electron chi connectivity index (χ0n) is 22.8. The van der Waals surface area contributed by atoms with Crippen molar-refractivity contribution in [2.75, 3.05) is 17.9 Å². The number of nitrogens with one attached hydrogen (secondary N) is 1. The molecule has 204 valence electrons. The quantitative estimate of drug-likeness (QED) is 0.240. The smallest absolute Gasteiger partial charge is 0.339 e. The van der Waals surface area contributed by atoms with Crippen LogP contribution in [-0.2, 0) is 10.0 Å². The summed E-state index contributed by atoms with van der Waals surface area (Å²) >= 11 is 0. The van der Waals surface area contributed by atoms with Crippen LogP contribution < -0.4 is 14.2 Å². The molecule has 2 N–H and O–H groups in total. The first-order valence-electron chi connectivity index (χ1n) is 12.8. The molecule has 0 unspecified atom stereocenters. The first-order valence-corrected chi connectivity index (χ1v) is 14.3. The topological polar surface area (TPSA) is 102 Å². The second-order valence-electron chi connectivity index (χ2n) is 10.1. The van der Waals surface area contributed by atoms with Crippen LogP contribution in [0.1, 0.15) is 86.3 Å². The van der Waals surface area contributed by atoms with Crippen molar-refractivity contribution in [1.29, 1.82) is 0 Å². The number of anilines is 1. The highest BCUT2D eigenvalue weighted by atomic mass is 32.2. The van der Waals surface area contributed by atoms with Crippen molar-refractivity contribution in [3.8, 4) is 11.5 Å². The lowest BCUT2D eigenvalue weighted by Crippen LogP contribution is -2.19. The first-order chi connectivity index (χ1) is 17.9. The standard InChI is InChI=1S/C30H37NO6S/c1-19(2)22-17-26(20(3)4)29(27(18-22)21(5)6)38(34,35)31-23-11-13-24(14-12-23)36-15-16-37-28-10-8-7-9-25(28)30(32)33/h7-14,17-21,31H,15-16H2,1-6H3,(H,32,33). The van der Waals surface area contributed by atoms with E-state index in [4.69, 9.17) is 9.47 Å². The summed E-state index contributed by atoms with van der Waals surface area (Å²) in [5.74, 6) is 0.124. The lowest BCUT2D eigenvalue weighted by molar-refractivity contribution is 0.0691. The van der Waals surface area contributed by atoms with Crippen LogP contribution in [-0.4, -0.2) is 32.7 Å². The van der Waals surface area contributed by atoms with Crippen molar-refractivity contribution in [3.05, 3.63) is 82.9 Å². The van der Waals surface area contributed by atoms with E-state index in [0.29, 0.717) is 22.3 Å². The molecule has 0 saturated carbocycles. The minimum atomic E-state index is -3.84. The molecular formula is C30H37NO6S. The van der Waals surface area contributed by atoms with Gasteiger partial charge in [-0.05, 0) is 70.8 Å². The SMILES string of the molecule is CC(C)c1cc(C(C)C)c(S(=O)(=O)Nc2ccc(OCCOc3ccccc3C(=O)O)cc2)c(C(C)C)c1. The minimum Gasteiger partial charge on any atom is -0.490 e. The van der Waals surface area contributed by atoms with E-state index in [1.165, 1.54) is 6.07 Å². The summed E-state index contributed by atoms with van der Waals surface area (Å²) in [7, 11) is -3.84. The summed E-state index contributed by atoms with van der Waals surface area (Å²) in [6.45, 7) is 12.6. The Balaban J connectivity index is 1.72. The van der Waals surface area contributed by atoms with Crippen molar-refractivity contribution < 1.29 is 27.8 Å². The van der Waals surface area contributed by atoms with Crippen LogP contribution in [0, 0.1) is 0 Å². The molecule has 0 heterocycles. The van der Waals surface area contributed by atoms with Gasteiger partial charge in [-0.15, -0.1) is 0 Å². The average molecular weight is 540 g/mol. The van der Waals surface area contributed by atoms with Gasteiger partial charge >= 0.3 is 5.97 Å². The molecule has 3 aromatic carbocycles. The van der Waals surface area contributed by atoms with Crippen molar-refractivity contribution in [1.82, 2.24) is 0 Å². The van der Waals surface area contributed by atoms with Gasteiger partial charge < -0.3 is 14.6 Å². The van der Waals surface area contributed by atoms with Gasteiger partial charge in [0, 0.05) is 5.69 Å². The van der Waals surface area contributed by atoms with E-state index in [-0.39, 0.29) is 36.4 Å². The maximum Gasteiger partial charge on any atom is 0.339 e. The normalized spacial score (nSPS) is 11.7. The van der Waals surface area contributed by atoms with E-state index >= 15 is 0 Å². The van der Waals surface area contributed by atoms with E-state index in [1.54, 1.807) is 42.5 Å². The number of hydrogen-bond donors (Lipinski definition) is 2. The van der Waals surface area contributed by atoms with Gasteiger partial charge in [-0.25, -0.2) is 13.2 Å². The van der Waals surface area contributed by atoms with Crippen molar-refractivity contribution >= 4 is 21.7 Å². The average Bonchev–Trinajstić information content (AvgIpc) is 2.86. The summed E-state index contributed by atoms with van der Waals surface area (Å²) in [6.07, 6.45) is 0. The Kier molecular flexibility index (Phi) is 9.44. The van der Waals surface area contributed by atoms with Crippen LogP contribution in [0.15, 0.2) is 65.6 Å². The predicted octanol–water partition coefficient (Wildman–Crippen LogP) is 7.01. The molecule has 3 aromatic rings. The van der Waals surface area contributed by atoms with Gasteiger partial charge in [-0.3, -0.25) is 4.72 Å². The summed E-state index contributed by atoms with van der Waals surface area (Å²) in [5, 5.41) is 9.24. The number of ether oxygens (including phenoxy) is 2. The molecule has 8 heteroatoms. The third-order valence-corrected chi connectivity index (χ3v) is 7.70. The lowest BCUT2D eigenvalue weighted by Gasteiger charge is -2.23. The van der Waals surface area contributed by atoms with Crippen molar-refractivity contribution in [2.24, 2.45) is 0 Å². The molecular weight excluding hydrogens is 502 g/mol. The maximum absolute atomic E-state index is 13.6. The van der Waals surface area contributed by atoms with Crippen LogP contribution >= 0.6 is 0 Å². The number of carbonyl (C=O) groups is 1. The Morgan fingerprint density at radius 2 is 1.37 bits per heavy atom. The van der Waals surface area contributed by atoms with Crippen LogP contribution in [0.4, 0.5) is 5.69 Å². The number of hydrogen-bond acceptors (Lipinski definition) is 5. The highest BCUT2D eigenvalue weighted by Gasteiger charge is 2.27. The molecule has 38 heavy (non-hydrogen) atoms. The maximum atomic E-state index is 13.6. The Hall–Kier alpha value is -3.52. The fourth-order valence-corrected chi connectivity index (χ4v) is 5.86. The number of rotatable bonds is 12. The van der Waals surface area contributed by atoms with Gasteiger partial charge in [-0.1, -0.05) is 65.8 Å². The summed E-state index contributed by atoms with van der Waals surface area (Å²) in [6, 6.07) is 17.1. The fraction of sp³-hybridized carbons (Fsp3) is 0.367. The molecule has 0 aliphatic rings. The molecule has 3 rings (SSSR count). The van der Waals surface area contributed by atoms with E-state index < -0.39 is 16.0 Å². The third kappa shape index (κ3) is 7.07. The zero-order valence-corrected chi connectivity index (χ0v) is 23.6. The summed E-state index contributed by atoms with van der Waals surface area (Å²) < 4.78 is 41.3. The molecule has 0 aliphatic carbocycles. The number of benzene rings is 3. The van der Waals surface area contributed by atoms with Gasteiger partial charge in [-0.2, -0.15) is 0 Å². The number of sulfonamides is 1. The predicted molar refractivity (Wildman–Crippen MR) is 150 cm³/mol. The minimum absolute atomic E-state index is 0.0400. The molecule has 0 bridgehead atoms. The second-order valence-corrected chi connectivity index (χ2v) is 11.7. The number of carboxylic acids is 1. The zero-order chi connectivity index (χ0) is 28.0. The van der Waals surface area contributed by atoms with Gasteiger partial charge in [0.1, 0.15) is 30.3 Å². The van der Waals surface area contributed by atoms with E-state index in [1.807, 2.05) is 39.8 Å². The largest absolute Gasteiger partial charge is 0.490 e. The van der Waals surface area contributed by atoms with Gasteiger partial charge in [0.15, 0.2) is 0 Å². The monoisotopic (exact) mass is 539 g/mol. The molecule has 0 amide bonds. The van der Waals surface area contributed by atoms with Crippen LogP contribution in [0.3, 0.4) is 0 Å². The van der Waals surface area contributed by atoms with E-state index in [9.17, 15) is 18.3 Å². The molecule has 0 spiro atoms. The molecule has 0 aliphatic heterocycles. The Labute approximate surface area is 225 Å². The van der Waals surface area contributed by atoms with Crippen LogP contribution in [0.5, 0.6) is 11.5 Å². The molecule has 7 nitrogen and oxygen atoms in total. The van der Waals surface area contributed by atoms with E-state index in [0.717, 1.165) is 16.7 Å². The van der Waals surface area contributed by atoms with Gasteiger partial charge in [0.2, 0.25) is 0 Å². The summed E-state index contributed by atoms with van der Waals surface area (Å²) in [4.78, 5) is 11.6. The van der Waals surface area contributed by atoms with Crippen LogP contribution in [0.25, 0.3) is 0 Å². The number of para-hydroxylation sites is 1. The highest BCUT2D eigenvalue weighted by Crippen LogP contribution is 2.36. The number of aromatic carboxylic acids is 1. The first kappa shape index (κ1) is 29.0. The lowest BCUT2D eigenvalue weighted by atomic mass is 9.89. The van der Waals surface area contributed by atoms with Crippen LogP contribution in [0.2, 0.25) is 0 Å². The number of carboxylic acid groups (broad SMARTS) is 1. The summed E-state index contributed by atoms with van der Waals surface area (Å²) in [5.41, 5.74) is 3.28. The highest BCUT2D eigenvalue weighted by molar-refractivity contribution is 7.92. The van der Waals surface area contributed by atoms with Crippen molar-refractivity contribution in [2.45, 2.75) is 64.2 Å². The molecule has 0 aromatic heterocycles. The molecule has 0 atom stereocenters. The third-order valence-electron chi connectivity index (χ3n) is 6.18. The molecule has 0 radical (unpaired) electrons. The van der Waals surface area contributed by atoms with Crippen molar-refractivity contribution in [3.63, 3.8) is 0 Å². The molecule has 0 saturated heterocycles. The second kappa shape index (κ2) is 12.3. The Morgan fingerprint density at radius 1 is 0.816 bits per heavy atom. The Morgan fingerprint density at radius 3 is 1.89 bits per heavy atom.